The number of nitrogens with two attached hydrogens (primary N) is 1. The molecule has 2 heterocycles. The van der Waals surface area contributed by atoms with Crippen LogP contribution < -0.4 is 5.73 Å². The molecule has 2 aromatic rings. The molecule has 0 saturated heterocycles. The van der Waals surface area contributed by atoms with Gasteiger partial charge in [0, 0.05) is 42.5 Å². The van der Waals surface area contributed by atoms with Crippen molar-refractivity contribution >= 4 is 23.4 Å². The van der Waals surface area contributed by atoms with Crippen LogP contribution in [0.3, 0.4) is 0 Å². The molecule has 2 amide bonds. The van der Waals surface area contributed by atoms with Crippen LogP contribution in [0.2, 0.25) is 5.02 Å². The Balaban J connectivity index is 1.40. The highest BCUT2D eigenvalue weighted by atomic mass is 35.5. The number of benzene rings is 1. The fourth-order valence-corrected chi connectivity index (χ4v) is 6.12. The summed E-state index contributed by atoms with van der Waals surface area (Å²) in [5, 5.41) is 5.05. The van der Waals surface area contributed by atoms with Gasteiger partial charge in [-0.25, -0.2) is 8.78 Å². The van der Waals surface area contributed by atoms with Gasteiger partial charge in [-0.1, -0.05) is 23.7 Å². The number of hydrogen-bond donors (Lipinski definition) is 1. The number of amides is 2. The minimum absolute atomic E-state index is 0.0916. The molecule has 3 saturated carbocycles. The summed E-state index contributed by atoms with van der Waals surface area (Å²) in [4.78, 5) is 27.2. The Morgan fingerprint density at radius 2 is 1.94 bits per heavy atom. The molecule has 0 radical (unpaired) electrons. The van der Waals surface area contributed by atoms with Crippen molar-refractivity contribution in [2.24, 2.45) is 11.1 Å². The zero-order valence-corrected chi connectivity index (χ0v) is 19.7. The molecule has 4 aliphatic rings. The van der Waals surface area contributed by atoms with Gasteiger partial charge in [-0.05, 0) is 37.8 Å². The molecule has 10 heteroatoms. The molecule has 0 atom stereocenters. The minimum atomic E-state index is -2.97. The first-order chi connectivity index (χ1) is 16.1. The number of carbonyl (C=O) groups excluding carboxylic acids is 2. The second kappa shape index (κ2) is 8.02. The van der Waals surface area contributed by atoms with Gasteiger partial charge in [0.2, 0.25) is 5.91 Å². The molecule has 0 spiro atoms. The monoisotopic (exact) mass is 492 g/mol. The summed E-state index contributed by atoms with van der Waals surface area (Å²) in [5.74, 6) is -3.96. The van der Waals surface area contributed by atoms with E-state index in [1.807, 2.05) is 0 Å². The second-order valence-electron chi connectivity index (χ2n) is 9.81. The van der Waals surface area contributed by atoms with E-state index in [-0.39, 0.29) is 43.7 Å². The van der Waals surface area contributed by atoms with Crippen molar-refractivity contribution < 1.29 is 23.1 Å². The number of nitrogens with zero attached hydrogens (tertiary/aromatic N) is 3. The molecule has 0 unspecified atom stereocenters. The van der Waals surface area contributed by atoms with Crippen molar-refractivity contribution in [2.45, 2.75) is 63.1 Å². The first-order valence-electron chi connectivity index (χ1n) is 11.4. The number of primary amides is 1. The van der Waals surface area contributed by atoms with Crippen molar-refractivity contribution in [3.8, 4) is 11.3 Å². The maximum Gasteiger partial charge on any atom is 0.256 e. The van der Waals surface area contributed by atoms with E-state index in [9.17, 15) is 9.59 Å². The lowest BCUT2D eigenvalue weighted by Gasteiger charge is -2.56. The Morgan fingerprint density at radius 1 is 1.21 bits per heavy atom. The van der Waals surface area contributed by atoms with E-state index in [1.54, 1.807) is 33.8 Å². The number of hydrogen-bond acceptors (Lipinski definition) is 4. The topological polar surface area (TPSA) is 90.4 Å². The molecule has 6 rings (SSSR count). The molecule has 7 nitrogen and oxygen atoms in total. The Labute approximate surface area is 201 Å². The molecule has 2 N–H and O–H groups in total. The summed E-state index contributed by atoms with van der Waals surface area (Å²) < 4.78 is 37.5. The van der Waals surface area contributed by atoms with Crippen LogP contribution in [-0.2, 0) is 22.6 Å². The van der Waals surface area contributed by atoms with Crippen molar-refractivity contribution in [2.75, 3.05) is 13.7 Å². The molecular weight excluding hydrogens is 466 g/mol. The summed E-state index contributed by atoms with van der Waals surface area (Å²) >= 11 is 6.11. The minimum Gasteiger partial charge on any atom is -0.378 e. The zero-order chi connectivity index (χ0) is 24.3. The quantitative estimate of drug-likeness (QED) is 0.682. The molecule has 2 bridgehead atoms. The average Bonchev–Trinajstić information content (AvgIpc) is 3.19. The van der Waals surface area contributed by atoms with E-state index < -0.39 is 22.8 Å². The largest absolute Gasteiger partial charge is 0.378 e. The third-order valence-electron chi connectivity index (χ3n) is 8.04. The molecule has 34 heavy (non-hydrogen) atoms. The predicted octanol–water partition coefficient (Wildman–Crippen LogP) is 4.02. The Morgan fingerprint density at radius 3 is 2.56 bits per heavy atom. The van der Waals surface area contributed by atoms with Crippen LogP contribution in [0.5, 0.6) is 0 Å². The van der Waals surface area contributed by atoms with Gasteiger partial charge in [0.05, 0.1) is 29.9 Å². The van der Waals surface area contributed by atoms with Gasteiger partial charge < -0.3 is 15.4 Å². The Kier molecular flexibility index (Phi) is 5.48. The normalized spacial score (nSPS) is 27.5. The number of aromatic nitrogens is 2. The lowest BCUT2D eigenvalue weighted by atomic mass is 9.55. The van der Waals surface area contributed by atoms with Crippen molar-refractivity contribution in [3.63, 3.8) is 0 Å². The summed E-state index contributed by atoms with van der Waals surface area (Å²) in [6.45, 7) is 0.761. The number of ether oxygens (including phenoxy) is 1. The third-order valence-corrected chi connectivity index (χ3v) is 8.27. The van der Waals surface area contributed by atoms with Crippen LogP contribution in [-0.4, -0.2) is 51.7 Å². The predicted molar refractivity (Wildman–Crippen MR) is 121 cm³/mol. The van der Waals surface area contributed by atoms with E-state index in [0.29, 0.717) is 47.9 Å². The summed E-state index contributed by atoms with van der Waals surface area (Å²) in [6, 6.07) is 6.94. The van der Waals surface area contributed by atoms with Gasteiger partial charge in [-0.15, -0.1) is 0 Å². The van der Waals surface area contributed by atoms with Gasteiger partial charge in [0.1, 0.15) is 5.69 Å². The van der Waals surface area contributed by atoms with E-state index in [0.717, 1.165) is 0 Å². The van der Waals surface area contributed by atoms with Crippen molar-refractivity contribution in [1.29, 1.82) is 0 Å². The van der Waals surface area contributed by atoms with Crippen LogP contribution in [0.4, 0.5) is 8.78 Å². The number of carbonyl (C=O) groups is 2. The van der Waals surface area contributed by atoms with E-state index in [1.165, 1.54) is 7.11 Å². The second-order valence-corrected chi connectivity index (χ2v) is 10.2. The Hall–Kier alpha value is -2.52. The van der Waals surface area contributed by atoms with Gasteiger partial charge in [0.25, 0.3) is 11.8 Å². The molecule has 1 aliphatic heterocycles. The fraction of sp³-hybridized carbons (Fsp3) is 0.542. The smallest absolute Gasteiger partial charge is 0.256 e. The van der Waals surface area contributed by atoms with Gasteiger partial charge in [-0.3, -0.25) is 14.3 Å². The molecule has 1 aromatic carbocycles. The van der Waals surface area contributed by atoms with Crippen LogP contribution in [0.15, 0.2) is 24.3 Å². The van der Waals surface area contributed by atoms with Gasteiger partial charge in [0.15, 0.2) is 0 Å². The standard InChI is InChI=1S/C24H27ClF2N4O3/c1-34-23-7-5-22(6-8-23,24(26,27)14-23)12-18(32)30-9-10-31-17(13-30)19(21(28)33)20(29-31)15-3-2-4-16(25)11-15/h2-4,11H,5-10,12-14H2,1H3,(H2,28,33). The highest BCUT2D eigenvalue weighted by Gasteiger charge is 2.65. The highest BCUT2D eigenvalue weighted by molar-refractivity contribution is 6.30. The molecular formula is C24H27ClF2N4O3. The van der Waals surface area contributed by atoms with Crippen LogP contribution in [0.1, 0.15) is 54.6 Å². The van der Waals surface area contributed by atoms with Crippen LogP contribution in [0, 0.1) is 5.41 Å². The maximum atomic E-state index is 15.2. The number of rotatable bonds is 5. The summed E-state index contributed by atoms with van der Waals surface area (Å²) in [7, 11) is 1.49. The van der Waals surface area contributed by atoms with Crippen molar-refractivity contribution in [1.82, 2.24) is 14.7 Å². The number of fused-ring (bicyclic) bond motifs is 4. The molecule has 3 fully saturated rings. The Bertz CT molecular complexity index is 1160. The lowest BCUT2D eigenvalue weighted by molar-refractivity contribution is -0.252. The van der Waals surface area contributed by atoms with Crippen molar-refractivity contribution in [3.05, 3.63) is 40.5 Å². The van der Waals surface area contributed by atoms with Crippen LogP contribution >= 0.6 is 11.6 Å². The van der Waals surface area contributed by atoms with E-state index in [2.05, 4.69) is 5.10 Å². The molecule has 182 valence electrons. The zero-order valence-electron chi connectivity index (χ0n) is 19.0. The van der Waals surface area contributed by atoms with E-state index >= 15 is 8.78 Å². The number of methoxy groups -OCH3 is 1. The fourth-order valence-electron chi connectivity index (χ4n) is 5.93. The molecule has 1 aromatic heterocycles. The average molecular weight is 493 g/mol. The van der Waals surface area contributed by atoms with E-state index in [4.69, 9.17) is 22.1 Å². The summed E-state index contributed by atoms with van der Waals surface area (Å²) in [6.07, 6.45) is 1.03. The summed E-state index contributed by atoms with van der Waals surface area (Å²) in [5.41, 5.74) is 5.36. The lowest BCUT2D eigenvalue weighted by Crippen LogP contribution is -2.60. The number of alkyl halides is 2. The van der Waals surface area contributed by atoms with Gasteiger partial charge in [-0.2, -0.15) is 5.10 Å². The van der Waals surface area contributed by atoms with Gasteiger partial charge >= 0.3 is 0 Å². The third kappa shape index (κ3) is 3.60. The van der Waals surface area contributed by atoms with Crippen LogP contribution in [0.25, 0.3) is 11.3 Å². The first-order valence-corrected chi connectivity index (χ1v) is 11.8. The first kappa shape index (κ1) is 23.2. The SMILES string of the molecule is COC12CCC(CC(=O)N3CCn4nc(-c5cccc(Cl)c5)c(C(N)=O)c4C3)(CC1)C(F)(F)C2. The number of halogens is 3. The highest BCUT2D eigenvalue weighted by Crippen LogP contribution is 2.62. The molecule has 3 aliphatic carbocycles. The maximum absolute atomic E-state index is 15.2.